The van der Waals surface area contributed by atoms with Gasteiger partial charge in [-0.1, -0.05) is 13.3 Å². The van der Waals surface area contributed by atoms with Gasteiger partial charge in [-0.3, -0.25) is 0 Å². The van der Waals surface area contributed by atoms with Crippen LogP contribution in [0.2, 0.25) is 0 Å². The number of nitrogens with one attached hydrogen (secondary N) is 1. The molecule has 2 unspecified atom stereocenters. The third-order valence-corrected chi connectivity index (χ3v) is 4.52. The van der Waals surface area contributed by atoms with Gasteiger partial charge in [0.1, 0.15) is 11.4 Å². The third kappa shape index (κ3) is 2.96. The number of rotatable bonds is 5. The Morgan fingerprint density at radius 3 is 3.17 bits per heavy atom. The number of nitrogens with zero attached hydrogens (tertiary/aromatic N) is 1. The Hall–Kier alpha value is -1.23. The smallest absolute Gasteiger partial charge is 0.339 e. The van der Waals surface area contributed by atoms with Crippen molar-refractivity contribution in [2.24, 2.45) is 0 Å². The first-order valence-corrected chi connectivity index (χ1v) is 7.33. The molecule has 1 aliphatic carbocycles. The number of thioether (sulfide) groups is 1. The molecule has 0 amide bonds. The van der Waals surface area contributed by atoms with Crippen LogP contribution in [0, 0.1) is 0 Å². The molecule has 98 valence electrons. The molecule has 0 saturated heterocycles. The fourth-order valence-electron chi connectivity index (χ4n) is 2.37. The molecule has 1 fully saturated rings. The summed E-state index contributed by atoms with van der Waals surface area (Å²) in [6.07, 6.45) is 5.12. The van der Waals surface area contributed by atoms with Crippen LogP contribution in [0.25, 0.3) is 0 Å². The highest BCUT2D eigenvalue weighted by molar-refractivity contribution is 7.99. The summed E-state index contributed by atoms with van der Waals surface area (Å²) < 4.78 is 0. The molecule has 0 bridgehead atoms. The number of carboxylic acids is 1. The molecule has 2 N–H and O–H groups in total. The van der Waals surface area contributed by atoms with Gasteiger partial charge in [-0.2, -0.15) is 11.8 Å². The van der Waals surface area contributed by atoms with E-state index in [4.69, 9.17) is 5.11 Å². The van der Waals surface area contributed by atoms with E-state index >= 15 is 0 Å². The predicted molar refractivity (Wildman–Crippen MR) is 74.4 cm³/mol. The Balaban J connectivity index is 2.11. The van der Waals surface area contributed by atoms with Crippen LogP contribution in [0.4, 0.5) is 5.82 Å². The molecule has 0 radical (unpaired) electrons. The van der Waals surface area contributed by atoms with Gasteiger partial charge in [0, 0.05) is 17.5 Å². The van der Waals surface area contributed by atoms with Gasteiger partial charge in [-0.05, 0) is 30.7 Å². The molecular weight excluding hydrogens is 248 g/mol. The highest BCUT2D eigenvalue weighted by atomic mass is 32.2. The largest absolute Gasteiger partial charge is 0.478 e. The first-order valence-electron chi connectivity index (χ1n) is 6.28. The van der Waals surface area contributed by atoms with Gasteiger partial charge in [-0.15, -0.1) is 0 Å². The van der Waals surface area contributed by atoms with E-state index in [2.05, 4.69) is 17.2 Å². The summed E-state index contributed by atoms with van der Waals surface area (Å²) in [5, 5.41) is 13.0. The summed E-state index contributed by atoms with van der Waals surface area (Å²) in [5.74, 6) is 0.665. The molecule has 1 aromatic heterocycles. The Morgan fingerprint density at radius 1 is 1.61 bits per heavy atom. The van der Waals surface area contributed by atoms with Crippen LogP contribution in [-0.2, 0) is 0 Å². The number of hydrogen-bond acceptors (Lipinski definition) is 4. The zero-order valence-corrected chi connectivity index (χ0v) is 11.2. The minimum Gasteiger partial charge on any atom is -0.478 e. The molecule has 18 heavy (non-hydrogen) atoms. The molecule has 1 aromatic rings. The van der Waals surface area contributed by atoms with Crippen molar-refractivity contribution in [3.63, 3.8) is 0 Å². The van der Waals surface area contributed by atoms with Gasteiger partial charge in [0.05, 0.1) is 0 Å². The second-order valence-corrected chi connectivity index (χ2v) is 5.90. The molecule has 4 nitrogen and oxygen atoms in total. The van der Waals surface area contributed by atoms with Crippen molar-refractivity contribution >= 4 is 23.5 Å². The van der Waals surface area contributed by atoms with Crippen LogP contribution in [0.5, 0.6) is 0 Å². The monoisotopic (exact) mass is 266 g/mol. The zero-order chi connectivity index (χ0) is 13.0. The Kier molecular flexibility index (Phi) is 4.47. The van der Waals surface area contributed by atoms with Gasteiger partial charge < -0.3 is 10.4 Å². The Morgan fingerprint density at radius 2 is 2.44 bits per heavy atom. The second-order valence-electron chi connectivity index (χ2n) is 4.38. The Labute approximate surface area is 111 Å². The van der Waals surface area contributed by atoms with Gasteiger partial charge in [0.2, 0.25) is 0 Å². The normalized spacial score (nSPS) is 22.9. The molecule has 1 heterocycles. The van der Waals surface area contributed by atoms with Crippen molar-refractivity contribution in [2.45, 2.75) is 37.5 Å². The van der Waals surface area contributed by atoms with E-state index in [9.17, 15) is 4.79 Å². The quantitative estimate of drug-likeness (QED) is 0.858. The summed E-state index contributed by atoms with van der Waals surface area (Å²) in [5.41, 5.74) is 0.254. The van der Waals surface area contributed by atoms with E-state index in [0.29, 0.717) is 17.1 Å². The molecule has 2 atom stereocenters. The van der Waals surface area contributed by atoms with Crippen LogP contribution < -0.4 is 5.32 Å². The highest BCUT2D eigenvalue weighted by Gasteiger charge is 2.28. The maximum absolute atomic E-state index is 11.1. The molecule has 0 aliphatic heterocycles. The average molecular weight is 266 g/mol. The number of anilines is 1. The van der Waals surface area contributed by atoms with Crippen molar-refractivity contribution < 1.29 is 9.90 Å². The van der Waals surface area contributed by atoms with E-state index in [1.54, 1.807) is 18.3 Å². The third-order valence-electron chi connectivity index (χ3n) is 3.19. The first kappa shape index (κ1) is 13.2. The molecule has 0 aromatic carbocycles. The van der Waals surface area contributed by atoms with Crippen LogP contribution in [-0.4, -0.2) is 33.1 Å². The first-order chi connectivity index (χ1) is 8.72. The van der Waals surface area contributed by atoms with Crippen molar-refractivity contribution in [2.75, 3.05) is 11.1 Å². The fraction of sp³-hybridized carbons (Fsp3) is 0.538. The molecule has 5 heteroatoms. The fourth-order valence-corrected chi connectivity index (χ4v) is 3.57. The summed E-state index contributed by atoms with van der Waals surface area (Å²) in [4.78, 5) is 15.3. The summed E-state index contributed by atoms with van der Waals surface area (Å²) in [7, 11) is 0. The lowest BCUT2D eigenvalue weighted by atomic mass is 10.2. The minimum absolute atomic E-state index is 0.254. The van der Waals surface area contributed by atoms with Crippen LogP contribution >= 0.6 is 11.8 Å². The molecule has 0 spiro atoms. The van der Waals surface area contributed by atoms with Gasteiger partial charge >= 0.3 is 5.97 Å². The maximum Gasteiger partial charge on any atom is 0.339 e. The van der Waals surface area contributed by atoms with E-state index in [1.807, 2.05) is 11.8 Å². The predicted octanol–water partition coefficient (Wildman–Crippen LogP) is 2.87. The summed E-state index contributed by atoms with van der Waals surface area (Å²) in [6.45, 7) is 2.16. The number of hydrogen-bond donors (Lipinski definition) is 2. The number of aromatic carboxylic acids is 1. The number of aromatic nitrogens is 1. The van der Waals surface area contributed by atoms with Crippen molar-refractivity contribution in [1.82, 2.24) is 4.98 Å². The van der Waals surface area contributed by atoms with E-state index in [-0.39, 0.29) is 5.56 Å². The molecule has 2 rings (SSSR count). The zero-order valence-electron chi connectivity index (χ0n) is 10.4. The van der Waals surface area contributed by atoms with E-state index in [1.165, 1.54) is 12.8 Å². The standard InChI is InChI=1S/C13H18N2O2S/c1-2-18-11-7-3-6-10(11)15-12-9(13(16)17)5-4-8-14-12/h4-5,8,10-11H,2-3,6-7H2,1H3,(H,14,15)(H,16,17). The number of carbonyl (C=O) groups is 1. The minimum atomic E-state index is -0.928. The van der Waals surface area contributed by atoms with Crippen LogP contribution in [0.15, 0.2) is 18.3 Å². The topological polar surface area (TPSA) is 62.2 Å². The van der Waals surface area contributed by atoms with Gasteiger partial charge in [0.15, 0.2) is 0 Å². The van der Waals surface area contributed by atoms with Gasteiger partial charge in [0.25, 0.3) is 0 Å². The van der Waals surface area contributed by atoms with Crippen molar-refractivity contribution in [3.05, 3.63) is 23.9 Å². The maximum atomic E-state index is 11.1. The van der Waals surface area contributed by atoms with Crippen LogP contribution in [0.1, 0.15) is 36.5 Å². The Bertz CT molecular complexity index is 425. The lowest BCUT2D eigenvalue weighted by Crippen LogP contribution is -2.27. The SMILES string of the molecule is CCSC1CCCC1Nc1ncccc1C(=O)O. The average Bonchev–Trinajstić information content (AvgIpc) is 2.78. The van der Waals surface area contributed by atoms with E-state index in [0.717, 1.165) is 12.2 Å². The molecule has 1 saturated carbocycles. The summed E-state index contributed by atoms with van der Waals surface area (Å²) in [6, 6.07) is 3.58. The van der Waals surface area contributed by atoms with Crippen LogP contribution in [0.3, 0.4) is 0 Å². The van der Waals surface area contributed by atoms with Crippen molar-refractivity contribution in [1.29, 1.82) is 0 Å². The number of carboxylic acid groups (broad SMARTS) is 1. The van der Waals surface area contributed by atoms with E-state index < -0.39 is 5.97 Å². The lowest BCUT2D eigenvalue weighted by Gasteiger charge is -2.21. The second kappa shape index (κ2) is 6.09. The van der Waals surface area contributed by atoms with Gasteiger partial charge in [-0.25, -0.2) is 9.78 Å². The molecule has 1 aliphatic rings. The molecular formula is C13H18N2O2S. The number of pyridine rings is 1. The lowest BCUT2D eigenvalue weighted by molar-refractivity contribution is 0.0697. The summed E-state index contributed by atoms with van der Waals surface area (Å²) >= 11 is 1.94. The highest BCUT2D eigenvalue weighted by Crippen LogP contribution is 2.32. The van der Waals surface area contributed by atoms with Crippen molar-refractivity contribution in [3.8, 4) is 0 Å².